The van der Waals surface area contributed by atoms with Crippen molar-refractivity contribution in [2.24, 2.45) is 0 Å². The summed E-state index contributed by atoms with van der Waals surface area (Å²) in [5.41, 5.74) is 3.74. The van der Waals surface area contributed by atoms with Crippen molar-refractivity contribution in [3.8, 4) is 0 Å². The molecule has 38 heavy (non-hydrogen) atoms. The number of nitrogens with zero attached hydrogens (tertiary/aromatic N) is 4. The molecule has 0 fully saturated rings. The maximum atomic E-state index is 12.0. The van der Waals surface area contributed by atoms with Crippen LogP contribution in [0.2, 0.25) is 10.3 Å². The molecule has 0 aliphatic rings. The molecule has 0 aliphatic heterocycles. The molecule has 4 aromatic rings. The van der Waals surface area contributed by atoms with Gasteiger partial charge in [-0.1, -0.05) is 93.4 Å². The van der Waals surface area contributed by atoms with Crippen LogP contribution in [-0.4, -0.2) is 39.2 Å². The van der Waals surface area contributed by atoms with E-state index in [4.69, 9.17) is 23.2 Å². The summed E-state index contributed by atoms with van der Waals surface area (Å²) in [5, 5.41) is 10.6. The number of halogens is 2. The molecule has 1 atom stereocenters. The average molecular weight is 562 g/mol. The predicted molar refractivity (Wildman–Crippen MR) is 154 cm³/mol. The normalized spacial score (nSPS) is 11.2. The van der Waals surface area contributed by atoms with Crippen molar-refractivity contribution in [2.45, 2.75) is 71.3 Å². The van der Waals surface area contributed by atoms with Crippen LogP contribution in [0.3, 0.4) is 0 Å². The van der Waals surface area contributed by atoms with Crippen LogP contribution in [0.5, 0.6) is 0 Å². The van der Waals surface area contributed by atoms with Crippen LogP contribution >= 0.6 is 23.2 Å². The minimum absolute atomic E-state index is 0. The predicted octanol–water partition coefficient (Wildman–Crippen LogP) is 4.68. The maximum absolute atomic E-state index is 12.0. The van der Waals surface area contributed by atoms with Gasteiger partial charge in [0.25, 0.3) is 0 Å². The number of aliphatic hydroxyl groups excluding tert-OH is 1. The van der Waals surface area contributed by atoms with Crippen LogP contribution in [0.25, 0.3) is 22.1 Å². The van der Waals surface area contributed by atoms with Gasteiger partial charge in [0.2, 0.25) is 0 Å². The molecule has 0 bridgehead atoms. The van der Waals surface area contributed by atoms with Crippen molar-refractivity contribution >= 4 is 59.5 Å². The fourth-order valence-electron chi connectivity index (χ4n) is 3.74. The van der Waals surface area contributed by atoms with Crippen LogP contribution in [-0.2, 0) is 0 Å². The zero-order valence-corrected chi connectivity index (χ0v) is 25.8. The summed E-state index contributed by atoms with van der Waals surface area (Å²) < 4.78 is 0. The Labute approximate surface area is 260 Å². The first-order chi connectivity index (χ1) is 17.4. The number of hydrogen-bond donors (Lipinski definition) is 1. The first kappa shape index (κ1) is 34.4. The van der Waals surface area contributed by atoms with Crippen LogP contribution in [0.1, 0.15) is 88.9 Å². The smallest absolute Gasteiger partial charge is 1.00 e. The molecule has 3 radical (unpaired) electrons. The molecule has 4 rings (SSSR count). The van der Waals surface area contributed by atoms with E-state index >= 15 is 0 Å². The largest absolute Gasteiger partial charge is 1.00 e. The monoisotopic (exact) mass is 561 g/mol. The fourth-order valence-corrected chi connectivity index (χ4v) is 4.24. The summed E-state index contributed by atoms with van der Waals surface area (Å²) in [5.74, 6) is -0.0216. The Hall–Kier alpha value is -1.61. The minimum Gasteiger partial charge on any atom is -1.00 e. The minimum atomic E-state index is -0.624. The Kier molecular flexibility index (Phi) is 16.2. The van der Waals surface area contributed by atoms with Gasteiger partial charge in [-0.2, -0.15) is 0 Å². The van der Waals surface area contributed by atoms with Gasteiger partial charge in [0, 0.05) is 14.8 Å². The molecule has 10 heteroatoms. The molecular formula is C28H33BCl2N4NaO2. The Morgan fingerprint density at radius 1 is 0.789 bits per heavy atom. The first-order valence-electron chi connectivity index (χ1n) is 12.5. The van der Waals surface area contributed by atoms with Gasteiger partial charge in [-0.25, -0.2) is 19.9 Å². The van der Waals surface area contributed by atoms with E-state index in [2.05, 4.69) is 33.8 Å². The van der Waals surface area contributed by atoms with Crippen LogP contribution in [0.15, 0.2) is 48.5 Å². The molecule has 0 spiro atoms. The third-order valence-electron chi connectivity index (χ3n) is 5.75. The molecule has 2 aromatic carbocycles. The van der Waals surface area contributed by atoms with Crippen LogP contribution < -0.4 is 29.6 Å². The molecule has 0 aliphatic carbocycles. The van der Waals surface area contributed by atoms with Gasteiger partial charge in [0.15, 0.2) is 16.1 Å². The second-order valence-electron chi connectivity index (χ2n) is 8.63. The summed E-state index contributed by atoms with van der Waals surface area (Å²) in [6.45, 7) is 4.24. The van der Waals surface area contributed by atoms with Crippen molar-refractivity contribution in [1.29, 1.82) is 0 Å². The maximum Gasteiger partial charge on any atom is 1.00 e. The van der Waals surface area contributed by atoms with E-state index < -0.39 is 6.10 Å². The van der Waals surface area contributed by atoms with E-state index in [1.54, 1.807) is 0 Å². The van der Waals surface area contributed by atoms with Crippen molar-refractivity contribution < 1.29 is 40.9 Å². The quantitative estimate of drug-likeness (QED) is 0.172. The van der Waals surface area contributed by atoms with E-state index in [9.17, 15) is 9.90 Å². The summed E-state index contributed by atoms with van der Waals surface area (Å²) in [7, 11) is 0. The Bertz CT molecular complexity index is 1320. The summed E-state index contributed by atoms with van der Waals surface area (Å²) in [4.78, 5) is 29.2. The molecule has 1 unspecified atom stereocenters. The van der Waals surface area contributed by atoms with Crippen molar-refractivity contribution in [2.75, 3.05) is 0 Å². The molecule has 1 N–H and O–H groups in total. The number of aromatic nitrogens is 4. The number of fused-ring (bicyclic) bond motifs is 2. The molecule has 2 aromatic heterocycles. The molecule has 2 heterocycles. The number of carbonyl (C=O) groups excluding carboxylic acids is 1. The average Bonchev–Trinajstić information content (AvgIpc) is 2.88. The fraction of sp³-hybridized carbons (Fsp3) is 0.393. The molecule has 0 saturated carbocycles. The number of ketones is 1. The Morgan fingerprint density at radius 3 is 1.82 bits per heavy atom. The summed E-state index contributed by atoms with van der Waals surface area (Å²) >= 11 is 12.1. The number of para-hydroxylation sites is 4. The number of rotatable bonds is 10. The van der Waals surface area contributed by atoms with E-state index in [1.165, 1.54) is 0 Å². The number of aliphatic hydroxyl groups is 1. The van der Waals surface area contributed by atoms with Gasteiger partial charge in [-0.15, -0.1) is 0 Å². The second kappa shape index (κ2) is 17.9. The van der Waals surface area contributed by atoms with E-state index in [0.717, 1.165) is 49.6 Å². The van der Waals surface area contributed by atoms with E-state index in [-0.39, 0.29) is 50.3 Å². The third kappa shape index (κ3) is 9.85. The Morgan fingerprint density at radius 2 is 1.26 bits per heavy atom. The van der Waals surface area contributed by atoms with Gasteiger partial charge < -0.3 is 6.53 Å². The number of Topliss-reactive ketones (excluding diaryl/α,β-unsaturated/α-hetero) is 1. The van der Waals surface area contributed by atoms with Crippen molar-refractivity contribution in [3.05, 3.63) is 70.2 Å². The van der Waals surface area contributed by atoms with Gasteiger partial charge >= 0.3 is 29.6 Å². The second-order valence-corrected chi connectivity index (χ2v) is 9.35. The number of benzene rings is 2. The molecular weight excluding hydrogens is 529 g/mol. The summed E-state index contributed by atoms with van der Waals surface area (Å²) in [6, 6.07) is 14.9. The number of unbranched alkanes of at least 4 members (excludes halogenated alkanes) is 4. The first-order valence-corrected chi connectivity index (χ1v) is 13.3. The van der Waals surface area contributed by atoms with E-state index in [0.29, 0.717) is 40.4 Å². The Balaban J connectivity index is 0.000000688. The van der Waals surface area contributed by atoms with Crippen molar-refractivity contribution in [1.82, 2.24) is 19.9 Å². The summed E-state index contributed by atoms with van der Waals surface area (Å²) in [6.07, 6.45) is 6.76. The molecule has 0 saturated heterocycles. The van der Waals surface area contributed by atoms with Crippen LogP contribution in [0.4, 0.5) is 0 Å². The zero-order chi connectivity index (χ0) is 25.9. The molecule has 195 valence electrons. The number of carbonyl (C=O) groups is 1. The third-order valence-corrected chi connectivity index (χ3v) is 6.29. The van der Waals surface area contributed by atoms with Gasteiger partial charge in [0.1, 0.15) is 11.4 Å². The van der Waals surface area contributed by atoms with E-state index in [1.807, 2.05) is 48.5 Å². The standard InChI is InChI=1S/C14H17ClN2O.C14H15ClN2O.B.Na.H/c2*1-2-3-4-9-12(18)13-14(15)17-11-8-6-5-7-10(11)16-13;;;/h5-8,12,18H,2-4,9H2,1H3;5-8H,2-4,9H2,1H3;;;/q;;;+1;-1. The van der Waals surface area contributed by atoms with Crippen molar-refractivity contribution in [3.63, 3.8) is 0 Å². The molecule has 0 amide bonds. The van der Waals surface area contributed by atoms with Crippen LogP contribution in [0, 0.1) is 0 Å². The molecule has 6 nitrogen and oxygen atoms in total. The number of hydrogen-bond acceptors (Lipinski definition) is 6. The zero-order valence-electron chi connectivity index (χ0n) is 23.3. The van der Waals surface area contributed by atoms with Gasteiger partial charge in [-0.05, 0) is 37.1 Å². The SMILES string of the molecule is CCCCCC(=O)c1nc2ccccc2nc1Cl.CCCCCC(O)c1nc2ccccc2nc1Cl.[B].[H-].[Na+]. The van der Waals surface area contributed by atoms with Gasteiger partial charge in [0.05, 0.1) is 28.2 Å². The topological polar surface area (TPSA) is 88.9 Å². The van der Waals surface area contributed by atoms with Gasteiger partial charge in [-0.3, -0.25) is 4.79 Å².